The molecule has 0 fully saturated rings. The number of rotatable bonds is 10. The molecule has 100 heavy (non-hydrogen) atoms. The summed E-state index contributed by atoms with van der Waals surface area (Å²) in [7, 11) is 0. The minimum Gasteiger partial charge on any atom is -0.310 e. The number of hydrogen-bond acceptors (Lipinski definition) is 2. The molecule has 2 aliphatic heterocycles. The molecule has 20 rings (SSSR count). The zero-order valence-electron chi connectivity index (χ0n) is 55.8. The lowest BCUT2D eigenvalue weighted by atomic mass is 9.33. The van der Waals surface area contributed by atoms with Crippen molar-refractivity contribution >= 4 is 111 Å². The highest BCUT2D eigenvalue weighted by Crippen LogP contribution is 2.55. The van der Waals surface area contributed by atoms with Gasteiger partial charge in [0, 0.05) is 61.5 Å². The summed E-state index contributed by atoms with van der Waals surface area (Å²) < 4.78 is 2.58. The van der Waals surface area contributed by atoms with Gasteiger partial charge in [-0.3, -0.25) is 0 Å². The highest BCUT2D eigenvalue weighted by molar-refractivity contribution is 7.00. The molecular weight excluding hydrogens is 1210 g/mol. The summed E-state index contributed by atoms with van der Waals surface area (Å²) in [6.45, 7) is 6.94. The minimum absolute atomic E-state index is 0.227. The number of anilines is 6. The summed E-state index contributed by atoms with van der Waals surface area (Å²) in [6, 6.07) is 130. The van der Waals surface area contributed by atoms with Crippen LogP contribution in [-0.2, 0) is 5.41 Å². The van der Waals surface area contributed by atoms with Crippen LogP contribution in [0.5, 0.6) is 0 Å². The van der Waals surface area contributed by atoms with Crippen molar-refractivity contribution in [1.29, 1.82) is 0 Å². The van der Waals surface area contributed by atoms with Crippen molar-refractivity contribution in [1.82, 2.24) is 4.57 Å². The van der Waals surface area contributed by atoms with Gasteiger partial charge in [-0.2, -0.15) is 0 Å². The van der Waals surface area contributed by atoms with Gasteiger partial charge in [0.2, 0.25) is 0 Å². The van der Waals surface area contributed by atoms with Gasteiger partial charge >= 0.3 is 0 Å². The van der Waals surface area contributed by atoms with Crippen molar-refractivity contribution in [3.63, 3.8) is 0 Å². The number of aromatic nitrogens is 1. The third-order valence-corrected chi connectivity index (χ3v) is 21.6. The molecule has 0 atom stereocenters. The predicted molar refractivity (Wildman–Crippen MR) is 426 cm³/mol. The van der Waals surface area contributed by atoms with Gasteiger partial charge in [-0.15, -0.1) is 0 Å². The molecule has 18 aromatic rings. The van der Waals surface area contributed by atoms with Gasteiger partial charge in [0.1, 0.15) is 0 Å². The van der Waals surface area contributed by atoms with Gasteiger partial charge in [-0.25, -0.2) is 0 Å². The van der Waals surface area contributed by atoms with Crippen LogP contribution in [-0.4, -0.2) is 11.3 Å². The van der Waals surface area contributed by atoms with Crippen molar-refractivity contribution in [2.24, 2.45) is 0 Å². The number of benzene rings is 17. The van der Waals surface area contributed by atoms with Crippen molar-refractivity contribution in [3.05, 3.63) is 351 Å². The Morgan fingerprint density at radius 2 is 0.660 bits per heavy atom. The smallest absolute Gasteiger partial charge is 0.252 e. The topological polar surface area (TPSA) is 11.4 Å². The van der Waals surface area contributed by atoms with Gasteiger partial charge in [0.15, 0.2) is 0 Å². The second-order valence-electron chi connectivity index (χ2n) is 28.3. The summed E-state index contributed by atoms with van der Waals surface area (Å²) >= 11 is 0. The first kappa shape index (κ1) is 57.7. The molecule has 4 heteroatoms. The maximum absolute atomic E-state index is 2.71. The molecule has 0 amide bonds. The van der Waals surface area contributed by atoms with Crippen LogP contribution in [0.2, 0.25) is 0 Å². The molecule has 0 N–H and O–H groups in total. The van der Waals surface area contributed by atoms with Crippen molar-refractivity contribution in [2.75, 3.05) is 9.80 Å². The second-order valence-corrected chi connectivity index (χ2v) is 28.3. The average molecular weight is 1270 g/mol. The molecule has 0 saturated carbocycles. The number of fused-ring (bicyclic) bond motifs is 5. The van der Waals surface area contributed by atoms with Crippen LogP contribution in [0.15, 0.2) is 346 Å². The molecular formula is C96H66BN3. The van der Waals surface area contributed by atoms with E-state index in [4.69, 9.17) is 0 Å². The standard InChI is InChI=1S/C96H66BN3/c1-96(2,3)73-58-87-93-88(59-73)100(94-75(64-31-15-7-16-32-64)41-23-42-76(94)65-33-17-8-18-34-65)86-60-74(98-84-53-47-66-35-21-45-79-80-46-22-36-67-48-54-85(98)92(90(67)80)91(84)89(66)79)50-51-81(86)97(93)82-57-70(63-29-13-6-14-30-63)49-52-83(82)99(87)95-77(71-39-19-37-68(55-71)61-25-9-4-10-26-61)43-24-44-78(95)72-40-20-38-69(56-72)62-27-11-5-12-28-62/h4-60H,1-3H3. The van der Waals surface area contributed by atoms with Crippen LogP contribution >= 0.6 is 0 Å². The monoisotopic (exact) mass is 1270 g/mol. The number of para-hydroxylation sites is 2. The van der Waals surface area contributed by atoms with Crippen LogP contribution in [0.3, 0.4) is 0 Å². The fraction of sp³-hybridized carbons (Fsp3) is 0.0417. The van der Waals surface area contributed by atoms with Crippen molar-refractivity contribution < 1.29 is 0 Å². The molecule has 1 aromatic heterocycles. The Kier molecular flexibility index (Phi) is 13.0. The van der Waals surface area contributed by atoms with E-state index in [1.807, 2.05) is 0 Å². The number of hydrogen-bond donors (Lipinski definition) is 0. The second kappa shape index (κ2) is 22.5. The van der Waals surface area contributed by atoms with E-state index in [2.05, 4.69) is 381 Å². The zero-order valence-corrected chi connectivity index (χ0v) is 55.8. The third kappa shape index (κ3) is 8.93. The van der Waals surface area contributed by atoms with E-state index in [-0.39, 0.29) is 12.1 Å². The van der Waals surface area contributed by atoms with Gasteiger partial charge in [0.05, 0.1) is 22.4 Å². The maximum Gasteiger partial charge on any atom is 0.252 e. The molecule has 0 unspecified atom stereocenters. The third-order valence-electron chi connectivity index (χ3n) is 21.6. The van der Waals surface area contributed by atoms with E-state index in [0.29, 0.717) is 0 Å². The molecule has 2 aliphatic rings. The van der Waals surface area contributed by atoms with Crippen LogP contribution in [0.25, 0.3) is 138 Å². The molecule has 17 aromatic carbocycles. The Hall–Kier alpha value is -12.5. The van der Waals surface area contributed by atoms with Crippen molar-refractivity contribution in [3.8, 4) is 83.6 Å². The van der Waals surface area contributed by atoms with E-state index in [9.17, 15) is 0 Å². The lowest BCUT2D eigenvalue weighted by Gasteiger charge is -2.46. The van der Waals surface area contributed by atoms with Crippen LogP contribution in [0.1, 0.15) is 26.3 Å². The Balaban J connectivity index is 0.935. The van der Waals surface area contributed by atoms with Crippen LogP contribution in [0, 0.1) is 0 Å². The van der Waals surface area contributed by atoms with E-state index < -0.39 is 0 Å². The first-order valence-electron chi connectivity index (χ1n) is 35.0. The van der Waals surface area contributed by atoms with E-state index in [0.717, 1.165) is 84.3 Å². The molecule has 0 aliphatic carbocycles. The molecule has 0 bridgehead atoms. The van der Waals surface area contributed by atoms with Crippen LogP contribution in [0.4, 0.5) is 34.1 Å². The normalized spacial score (nSPS) is 12.7. The fourth-order valence-corrected chi connectivity index (χ4v) is 17.1. The molecule has 3 heterocycles. The maximum atomic E-state index is 2.71. The SMILES string of the molecule is CC(C)(C)c1cc2c3c(c1)N(c1c(-c4ccccc4)cccc1-c1ccccc1)c1cc(-n4c5ccc6cccc7c8cccc9ccc4c(c98)c5c67)ccc1B3c1cc(-c3ccccc3)ccc1N2c1c(-c2cccc(-c3ccccc3)c2)cccc1-c1cccc(-c2ccccc2)c1. The van der Waals surface area contributed by atoms with Gasteiger partial charge in [-0.1, -0.05) is 312 Å². The zero-order chi connectivity index (χ0) is 66.3. The highest BCUT2D eigenvalue weighted by atomic mass is 15.2. The van der Waals surface area contributed by atoms with E-state index in [1.54, 1.807) is 0 Å². The Bertz CT molecular complexity index is 5990. The summed E-state index contributed by atoms with van der Waals surface area (Å²) in [5, 5.41) is 10.4. The lowest BCUT2D eigenvalue weighted by Crippen LogP contribution is -2.61. The first-order valence-corrected chi connectivity index (χ1v) is 35.0. The quantitative estimate of drug-likeness (QED) is 0.0768. The van der Waals surface area contributed by atoms with Crippen molar-refractivity contribution in [2.45, 2.75) is 26.2 Å². The van der Waals surface area contributed by atoms with Gasteiger partial charge in [0.25, 0.3) is 6.71 Å². The Morgan fingerprint density at radius 1 is 0.260 bits per heavy atom. The molecule has 0 saturated heterocycles. The van der Waals surface area contributed by atoms with E-state index >= 15 is 0 Å². The van der Waals surface area contributed by atoms with E-state index in [1.165, 1.54) is 109 Å². The first-order chi connectivity index (χ1) is 49.3. The Labute approximate surface area is 583 Å². The number of nitrogens with zero attached hydrogens (tertiary/aromatic N) is 3. The predicted octanol–water partition coefficient (Wildman–Crippen LogP) is 24.2. The van der Waals surface area contributed by atoms with Gasteiger partial charge in [-0.05, 0) is 170 Å². The Morgan fingerprint density at radius 3 is 1.13 bits per heavy atom. The van der Waals surface area contributed by atoms with Crippen LogP contribution < -0.4 is 26.2 Å². The minimum atomic E-state index is -0.311. The largest absolute Gasteiger partial charge is 0.310 e. The molecule has 468 valence electrons. The highest BCUT2D eigenvalue weighted by Gasteiger charge is 2.46. The lowest BCUT2D eigenvalue weighted by molar-refractivity contribution is 0.590. The fourth-order valence-electron chi connectivity index (χ4n) is 17.1. The molecule has 0 radical (unpaired) electrons. The van der Waals surface area contributed by atoms with Gasteiger partial charge < -0.3 is 14.4 Å². The molecule has 3 nitrogen and oxygen atoms in total. The summed E-state index contributed by atoms with van der Waals surface area (Å²) in [5.41, 5.74) is 31.2. The summed E-state index contributed by atoms with van der Waals surface area (Å²) in [5.74, 6) is 0. The summed E-state index contributed by atoms with van der Waals surface area (Å²) in [6.07, 6.45) is 0. The molecule has 0 spiro atoms. The summed E-state index contributed by atoms with van der Waals surface area (Å²) in [4.78, 5) is 5.41. The average Bonchev–Trinajstić information content (AvgIpc) is 0.906.